The highest BCUT2D eigenvalue weighted by Crippen LogP contribution is 2.71. The van der Waals surface area contributed by atoms with E-state index >= 15 is 0 Å². The summed E-state index contributed by atoms with van der Waals surface area (Å²) in [5.74, 6) is 1.79. The maximum absolute atomic E-state index is 12.1. The van der Waals surface area contributed by atoms with E-state index in [-0.39, 0.29) is 5.92 Å². The fourth-order valence-corrected chi connectivity index (χ4v) is 4.00. The second kappa shape index (κ2) is 3.80. The maximum Gasteiger partial charge on any atom is 0.647 e. The molecule has 20 heavy (non-hydrogen) atoms. The topological polar surface area (TPSA) is 44.8 Å². The Hall–Kier alpha value is -1.93. The van der Waals surface area contributed by atoms with Gasteiger partial charge in [0.25, 0.3) is 0 Å². The van der Waals surface area contributed by atoms with Gasteiger partial charge in [-0.2, -0.15) is 4.57 Å². The van der Waals surface area contributed by atoms with Crippen LogP contribution in [0.3, 0.4) is 0 Å². The first-order chi connectivity index (χ1) is 9.57. The van der Waals surface area contributed by atoms with E-state index in [1.807, 2.05) is 36.4 Å². The molecule has 102 valence electrons. The first-order valence-electron chi connectivity index (χ1n) is 6.52. The van der Waals surface area contributed by atoms with Gasteiger partial charge in [-0.1, -0.05) is 44.2 Å². The third kappa shape index (κ3) is 1.52. The van der Waals surface area contributed by atoms with E-state index in [1.165, 1.54) is 0 Å². The molecule has 2 heterocycles. The zero-order valence-electron chi connectivity index (χ0n) is 11.1. The van der Waals surface area contributed by atoms with E-state index in [1.54, 1.807) is 0 Å². The predicted molar refractivity (Wildman–Crippen MR) is 75.5 cm³/mol. The lowest BCUT2D eigenvalue weighted by molar-refractivity contribution is 0.353. The van der Waals surface area contributed by atoms with Crippen molar-refractivity contribution in [1.29, 1.82) is 0 Å². The van der Waals surface area contributed by atoms with Gasteiger partial charge < -0.3 is 13.6 Å². The van der Waals surface area contributed by atoms with E-state index in [9.17, 15) is 4.57 Å². The molecule has 0 spiro atoms. The van der Waals surface area contributed by atoms with Crippen LogP contribution in [0.15, 0.2) is 36.4 Å². The highest BCUT2D eigenvalue weighted by atomic mass is 31.2. The van der Waals surface area contributed by atoms with E-state index in [2.05, 4.69) is 13.8 Å². The van der Waals surface area contributed by atoms with Crippen molar-refractivity contribution in [3.63, 3.8) is 0 Å². The van der Waals surface area contributed by atoms with E-state index in [0.29, 0.717) is 17.2 Å². The Morgan fingerprint density at radius 3 is 2.35 bits per heavy atom. The average molecular weight is 288 g/mol. The normalized spacial score (nSPS) is 21.6. The van der Waals surface area contributed by atoms with Crippen LogP contribution >= 0.6 is 7.82 Å². The smallest absolute Gasteiger partial charge is 0.382 e. The minimum absolute atomic E-state index is 0.223. The van der Waals surface area contributed by atoms with Crippen molar-refractivity contribution in [3.8, 4) is 28.4 Å². The van der Waals surface area contributed by atoms with Crippen molar-refractivity contribution in [3.05, 3.63) is 42.0 Å². The lowest BCUT2D eigenvalue weighted by Crippen LogP contribution is -2.03. The molecular weight excluding hydrogens is 275 g/mol. The molecule has 2 aromatic carbocycles. The quantitative estimate of drug-likeness (QED) is 0.748. The van der Waals surface area contributed by atoms with Gasteiger partial charge in [-0.15, -0.1) is 0 Å². The minimum atomic E-state index is -3.43. The van der Waals surface area contributed by atoms with Crippen LogP contribution < -0.4 is 13.6 Å². The second-order valence-electron chi connectivity index (χ2n) is 5.24. The SMILES string of the molecule is CC(C)c1c(-c2ccccc2)cc2c3c1OP(=O)(O2)O3. The van der Waals surface area contributed by atoms with Crippen molar-refractivity contribution in [2.45, 2.75) is 19.8 Å². The van der Waals surface area contributed by atoms with Gasteiger partial charge >= 0.3 is 7.82 Å². The van der Waals surface area contributed by atoms with Crippen LogP contribution in [-0.2, 0) is 4.57 Å². The zero-order valence-corrected chi connectivity index (χ0v) is 12.0. The van der Waals surface area contributed by atoms with Crippen LogP contribution in [0.5, 0.6) is 17.2 Å². The lowest BCUT2D eigenvalue weighted by atomic mass is 9.91. The Morgan fingerprint density at radius 2 is 1.70 bits per heavy atom. The molecule has 2 aliphatic heterocycles. The summed E-state index contributed by atoms with van der Waals surface area (Å²) in [6.45, 7) is 4.16. The van der Waals surface area contributed by atoms with E-state index in [4.69, 9.17) is 13.6 Å². The molecule has 4 nitrogen and oxygen atoms in total. The summed E-state index contributed by atoms with van der Waals surface area (Å²) in [5, 5.41) is 0. The highest BCUT2D eigenvalue weighted by molar-refractivity contribution is 7.50. The van der Waals surface area contributed by atoms with Crippen molar-refractivity contribution >= 4 is 7.82 Å². The molecule has 0 saturated carbocycles. The summed E-state index contributed by atoms with van der Waals surface area (Å²) < 4.78 is 28.1. The van der Waals surface area contributed by atoms with Crippen molar-refractivity contribution < 1.29 is 18.1 Å². The molecule has 2 aromatic rings. The van der Waals surface area contributed by atoms with Crippen LogP contribution in [0.25, 0.3) is 11.1 Å². The summed E-state index contributed by atoms with van der Waals surface area (Å²) >= 11 is 0. The Morgan fingerprint density at radius 1 is 1.00 bits per heavy atom. The van der Waals surface area contributed by atoms with Crippen molar-refractivity contribution in [2.75, 3.05) is 0 Å². The van der Waals surface area contributed by atoms with Gasteiger partial charge in [-0.05, 0) is 23.1 Å². The van der Waals surface area contributed by atoms with Gasteiger partial charge in [0.1, 0.15) is 0 Å². The predicted octanol–water partition coefficient (Wildman–Crippen LogP) is 4.75. The molecule has 0 amide bonds. The van der Waals surface area contributed by atoms with E-state index < -0.39 is 7.82 Å². The monoisotopic (exact) mass is 288 g/mol. The molecule has 2 bridgehead atoms. The van der Waals surface area contributed by atoms with Crippen molar-refractivity contribution in [2.24, 2.45) is 0 Å². The number of rotatable bonds is 2. The summed E-state index contributed by atoms with van der Waals surface area (Å²) in [5.41, 5.74) is 3.12. The van der Waals surface area contributed by atoms with Gasteiger partial charge in [0.15, 0.2) is 11.5 Å². The molecule has 0 radical (unpaired) electrons. The van der Waals surface area contributed by atoms with Crippen LogP contribution in [-0.4, -0.2) is 0 Å². The lowest BCUT2D eigenvalue weighted by Gasteiger charge is -2.19. The van der Waals surface area contributed by atoms with Crippen LogP contribution in [0.4, 0.5) is 0 Å². The van der Waals surface area contributed by atoms with Gasteiger partial charge in [0.05, 0.1) is 0 Å². The fourth-order valence-electron chi connectivity index (χ4n) is 2.71. The van der Waals surface area contributed by atoms with Crippen LogP contribution in [0, 0.1) is 0 Å². The van der Waals surface area contributed by atoms with E-state index in [0.717, 1.165) is 16.7 Å². The number of hydrogen-bond acceptors (Lipinski definition) is 4. The Kier molecular flexibility index (Phi) is 2.25. The summed E-state index contributed by atoms with van der Waals surface area (Å²) in [4.78, 5) is 0. The summed E-state index contributed by atoms with van der Waals surface area (Å²) in [6, 6.07) is 11.9. The summed E-state index contributed by atoms with van der Waals surface area (Å²) in [7, 11) is -3.43. The number of hydrogen-bond donors (Lipinski definition) is 0. The largest absolute Gasteiger partial charge is 0.647 e. The highest BCUT2D eigenvalue weighted by Gasteiger charge is 2.51. The second-order valence-corrected chi connectivity index (χ2v) is 6.68. The molecule has 0 saturated heterocycles. The Bertz CT molecular complexity index is 752. The average Bonchev–Trinajstić information content (AvgIpc) is 2.91. The minimum Gasteiger partial charge on any atom is -0.382 e. The first-order valence-corrected chi connectivity index (χ1v) is 7.98. The summed E-state index contributed by atoms with van der Waals surface area (Å²) in [6.07, 6.45) is 0. The molecule has 2 aliphatic rings. The molecular formula is C15H13O4P. The third-order valence-corrected chi connectivity index (χ3v) is 4.75. The zero-order chi connectivity index (χ0) is 13.9. The molecule has 0 fully saturated rings. The number of phosphoric acid groups is 1. The van der Waals surface area contributed by atoms with Crippen LogP contribution in [0.2, 0.25) is 0 Å². The molecule has 1 unspecified atom stereocenters. The molecule has 0 aliphatic carbocycles. The Balaban J connectivity index is 2.01. The molecule has 5 heteroatoms. The Labute approximate surface area is 116 Å². The van der Waals surface area contributed by atoms with Gasteiger partial charge in [0.2, 0.25) is 5.75 Å². The maximum atomic E-state index is 12.1. The van der Waals surface area contributed by atoms with Crippen molar-refractivity contribution in [1.82, 2.24) is 0 Å². The molecule has 1 atom stereocenters. The standard InChI is InChI=1S/C15H13O4P/c1-9(2)13-11(10-6-4-3-5-7-10)8-12-14-15(13)19-20(16,17-12)18-14/h3-9H,1-2H3. The first kappa shape index (κ1) is 11.9. The number of phosphoric ester groups is 1. The molecule has 0 N–H and O–H groups in total. The fraction of sp³-hybridized carbons (Fsp3) is 0.200. The van der Waals surface area contributed by atoms with Gasteiger partial charge in [-0.3, -0.25) is 0 Å². The molecule has 0 aromatic heterocycles. The van der Waals surface area contributed by atoms with Gasteiger partial charge in [0, 0.05) is 5.56 Å². The third-order valence-electron chi connectivity index (χ3n) is 3.52. The number of benzene rings is 2. The van der Waals surface area contributed by atoms with Crippen LogP contribution in [0.1, 0.15) is 25.3 Å². The number of fused-ring (bicyclic) bond motifs is 1. The molecule has 4 rings (SSSR count). The van der Waals surface area contributed by atoms with Gasteiger partial charge in [-0.25, -0.2) is 0 Å².